The van der Waals surface area contributed by atoms with E-state index in [0.29, 0.717) is 21.7 Å². The van der Waals surface area contributed by atoms with Crippen LogP contribution in [0.4, 0.5) is 4.39 Å². The number of Topliss-reactive ketones (excluding diaryl/α,β-unsaturated/α-hetero) is 1. The van der Waals surface area contributed by atoms with Gasteiger partial charge in [-0.1, -0.05) is 29.8 Å². The Labute approximate surface area is 163 Å². The van der Waals surface area contributed by atoms with Crippen LogP contribution in [0.1, 0.15) is 52.1 Å². The predicted molar refractivity (Wildman–Crippen MR) is 104 cm³/mol. The van der Waals surface area contributed by atoms with Crippen molar-refractivity contribution >= 4 is 23.3 Å². The number of benzene rings is 2. The van der Waals surface area contributed by atoms with Crippen molar-refractivity contribution in [1.82, 2.24) is 10.2 Å². The largest absolute Gasteiger partial charge is 0.350 e. The number of nitrogens with one attached hydrogen (secondary N) is 1. The van der Waals surface area contributed by atoms with E-state index < -0.39 is 0 Å². The zero-order valence-corrected chi connectivity index (χ0v) is 15.9. The summed E-state index contributed by atoms with van der Waals surface area (Å²) in [7, 11) is 0. The van der Waals surface area contributed by atoms with Gasteiger partial charge >= 0.3 is 0 Å². The molecule has 1 aliphatic heterocycles. The second-order valence-electron chi connectivity index (χ2n) is 6.74. The molecule has 142 valence electrons. The molecular formula is C21H22ClFN2O2. The lowest BCUT2D eigenvalue weighted by Gasteiger charge is -2.29. The van der Waals surface area contributed by atoms with Gasteiger partial charge in [-0.3, -0.25) is 14.5 Å². The summed E-state index contributed by atoms with van der Waals surface area (Å²) in [5.74, 6) is -0.675. The third-order valence-electron chi connectivity index (χ3n) is 4.92. The van der Waals surface area contributed by atoms with Crippen molar-refractivity contribution in [3.05, 3.63) is 70.0 Å². The summed E-state index contributed by atoms with van der Waals surface area (Å²) in [6.45, 7) is 3.43. The molecule has 1 aliphatic rings. The number of rotatable bonds is 6. The highest BCUT2D eigenvalue weighted by molar-refractivity contribution is 6.31. The molecule has 1 N–H and O–H groups in total. The lowest BCUT2D eigenvalue weighted by Crippen LogP contribution is -2.37. The van der Waals surface area contributed by atoms with E-state index in [1.807, 2.05) is 0 Å². The highest BCUT2D eigenvalue weighted by atomic mass is 35.5. The molecule has 27 heavy (non-hydrogen) atoms. The maximum atomic E-state index is 14.5. The Morgan fingerprint density at radius 1 is 1.11 bits per heavy atom. The van der Waals surface area contributed by atoms with Gasteiger partial charge in [0.15, 0.2) is 5.78 Å². The molecule has 1 fully saturated rings. The van der Waals surface area contributed by atoms with Gasteiger partial charge < -0.3 is 5.32 Å². The topological polar surface area (TPSA) is 49.4 Å². The minimum absolute atomic E-state index is 0.0507. The number of hydrogen-bond acceptors (Lipinski definition) is 3. The maximum absolute atomic E-state index is 14.5. The third kappa shape index (κ3) is 4.54. The molecule has 3 rings (SSSR count). The first kappa shape index (κ1) is 19.5. The molecule has 1 saturated heterocycles. The Balaban J connectivity index is 1.76. The summed E-state index contributed by atoms with van der Waals surface area (Å²) >= 11 is 6.27. The number of carbonyl (C=O) groups excluding carboxylic acids is 2. The average Bonchev–Trinajstić information content (AvgIpc) is 3.18. The number of halogens is 2. The number of likely N-dealkylation sites (tertiary alicyclic amines) is 1. The molecule has 0 saturated carbocycles. The quantitative estimate of drug-likeness (QED) is 0.752. The van der Waals surface area contributed by atoms with Crippen LogP contribution in [0.15, 0.2) is 42.5 Å². The van der Waals surface area contributed by atoms with Crippen molar-refractivity contribution < 1.29 is 14.0 Å². The summed E-state index contributed by atoms with van der Waals surface area (Å²) in [6.07, 6.45) is 2.09. The van der Waals surface area contributed by atoms with Gasteiger partial charge in [-0.25, -0.2) is 4.39 Å². The first-order chi connectivity index (χ1) is 13.0. The SMILES string of the molecule is CC(=O)c1ccc(C(=O)NCC(c2c(F)cccc2Cl)N2CCCC2)cc1. The predicted octanol–water partition coefficient (Wildman–Crippen LogP) is 4.25. The highest BCUT2D eigenvalue weighted by Gasteiger charge is 2.28. The number of nitrogens with zero attached hydrogens (tertiary/aromatic N) is 1. The lowest BCUT2D eigenvalue weighted by atomic mass is 10.0. The van der Waals surface area contributed by atoms with E-state index in [0.717, 1.165) is 25.9 Å². The van der Waals surface area contributed by atoms with Crippen LogP contribution in [0.3, 0.4) is 0 Å². The number of carbonyl (C=O) groups is 2. The fourth-order valence-electron chi connectivity index (χ4n) is 3.44. The number of hydrogen-bond donors (Lipinski definition) is 1. The fraction of sp³-hybridized carbons (Fsp3) is 0.333. The van der Waals surface area contributed by atoms with Gasteiger partial charge in [0.1, 0.15) is 5.82 Å². The molecule has 0 radical (unpaired) electrons. The molecule has 1 unspecified atom stereocenters. The monoisotopic (exact) mass is 388 g/mol. The van der Waals surface area contributed by atoms with Crippen LogP contribution in [0, 0.1) is 5.82 Å². The summed E-state index contributed by atoms with van der Waals surface area (Å²) in [4.78, 5) is 26.0. The van der Waals surface area contributed by atoms with Crippen LogP contribution in [0.25, 0.3) is 0 Å². The summed E-state index contributed by atoms with van der Waals surface area (Å²) in [6, 6.07) is 10.8. The number of ketones is 1. The van der Waals surface area contributed by atoms with Crippen LogP contribution in [0.5, 0.6) is 0 Å². The minimum Gasteiger partial charge on any atom is -0.350 e. The van der Waals surface area contributed by atoms with E-state index in [-0.39, 0.29) is 30.1 Å². The maximum Gasteiger partial charge on any atom is 0.251 e. The Morgan fingerprint density at radius 2 is 1.74 bits per heavy atom. The molecule has 1 amide bonds. The van der Waals surface area contributed by atoms with Crippen molar-refractivity contribution in [2.24, 2.45) is 0 Å². The van der Waals surface area contributed by atoms with Gasteiger partial charge in [0.2, 0.25) is 0 Å². The van der Waals surface area contributed by atoms with E-state index in [1.54, 1.807) is 36.4 Å². The van der Waals surface area contributed by atoms with Crippen LogP contribution in [-0.2, 0) is 0 Å². The zero-order chi connectivity index (χ0) is 19.4. The van der Waals surface area contributed by atoms with Crippen molar-refractivity contribution in [3.63, 3.8) is 0 Å². The molecule has 2 aromatic rings. The molecule has 0 aliphatic carbocycles. The van der Waals surface area contributed by atoms with Crippen molar-refractivity contribution in [3.8, 4) is 0 Å². The van der Waals surface area contributed by atoms with Crippen LogP contribution in [-0.4, -0.2) is 36.2 Å². The van der Waals surface area contributed by atoms with E-state index in [2.05, 4.69) is 10.2 Å². The molecule has 1 atom stereocenters. The highest BCUT2D eigenvalue weighted by Crippen LogP contribution is 2.32. The van der Waals surface area contributed by atoms with Crippen molar-refractivity contribution in [2.75, 3.05) is 19.6 Å². The standard InChI is InChI=1S/C21H22ClFN2O2/c1-14(26)15-7-9-16(10-8-15)21(27)24-13-19(25-11-2-3-12-25)20-17(22)5-4-6-18(20)23/h4-10,19H,2-3,11-13H2,1H3,(H,24,27). The summed E-state index contributed by atoms with van der Waals surface area (Å²) in [5, 5.41) is 3.25. The molecule has 4 nitrogen and oxygen atoms in total. The smallest absolute Gasteiger partial charge is 0.251 e. The van der Waals surface area contributed by atoms with Gasteiger partial charge in [-0.15, -0.1) is 0 Å². The summed E-state index contributed by atoms with van der Waals surface area (Å²) in [5.41, 5.74) is 1.44. The molecule has 6 heteroatoms. The molecule has 0 bridgehead atoms. The van der Waals surface area contributed by atoms with Gasteiger partial charge in [-0.05, 0) is 57.1 Å². The number of amides is 1. The zero-order valence-electron chi connectivity index (χ0n) is 15.2. The van der Waals surface area contributed by atoms with E-state index in [9.17, 15) is 14.0 Å². The third-order valence-corrected chi connectivity index (χ3v) is 5.25. The fourth-order valence-corrected chi connectivity index (χ4v) is 3.73. The average molecular weight is 389 g/mol. The lowest BCUT2D eigenvalue weighted by molar-refractivity contribution is 0.0935. The van der Waals surface area contributed by atoms with Gasteiger partial charge in [-0.2, -0.15) is 0 Å². The molecule has 0 spiro atoms. The van der Waals surface area contributed by atoms with Gasteiger partial charge in [0.25, 0.3) is 5.91 Å². The second-order valence-corrected chi connectivity index (χ2v) is 7.14. The first-order valence-corrected chi connectivity index (χ1v) is 9.42. The Kier molecular flexibility index (Phi) is 6.24. The molecule has 1 heterocycles. The minimum atomic E-state index is -0.362. The van der Waals surface area contributed by atoms with Gasteiger partial charge in [0.05, 0.1) is 6.04 Å². The Morgan fingerprint density at radius 3 is 2.33 bits per heavy atom. The molecule has 2 aromatic carbocycles. The second kappa shape index (κ2) is 8.63. The van der Waals surface area contributed by atoms with Crippen LogP contribution in [0.2, 0.25) is 5.02 Å². The van der Waals surface area contributed by atoms with E-state index >= 15 is 0 Å². The van der Waals surface area contributed by atoms with E-state index in [4.69, 9.17) is 11.6 Å². The van der Waals surface area contributed by atoms with Crippen LogP contribution < -0.4 is 5.32 Å². The molecule has 0 aromatic heterocycles. The van der Waals surface area contributed by atoms with Crippen LogP contribution >= 0.6 is 11.6 Å². The van der Waals surface area contributed by atoms with E-state index in [1.165, 1.54) is 13.0 Å². The Bertz CT molecular complexity index is 812. The van der Waals surface area contributed by atoms with Crippen molar-refractivity contribution in [1.29, 1.82) is 0 Å². The summed E-state index contributed by atoms with van der Waals surface area (Å²) < 4.78 is 14.5. The first-order valence-electron chi connectivity index (χ1n) is 9.04. The van der Waals surface area contributed by atoms with Crippen molar-refractivity contribution in [2.45, 2.75) is 25.8 Å². The Hall–Kier alpha value is -2.24. The molecular weight excluding hydrogens is 367 g/mol. The van der Waals surface area contributed by atoms with Gasteiger partial charge in [0, 0.05) is 28.3 Å². The normalized spacial score (nSPS) is 15.5.